The Morgan fingerprint density at radius 2 is 1.56 bits per heavy atom. The number of esters is 1. The molecule has 0 saturated heterocycles. The number of rotatable bonds is 4. The Bertz CT molecular complexity index is 718. The highest BCUT2D eigenvalue weighted by atomic mass is 19.3. The third-order valence-corrected chi connectivity index (χ3v) is 4.43. The number of alkyl halides is 2. The van der Waals surface area contributed by atoms with Gasteiger partial charge in [-0.25, -0.2) is 8.78 Å². The van der Waals surface area contributed by atoms with Crippen molar-refractivity contribution in [1.29, 1.82) is 0 Å². The number of halogens is 2. The van der Waals surface area contributed by atoms with E-state index in [1.54, 1.807) is 0 Å². The van der Waals surface area contributed by atoms with Gasteiger partial charge >= 0.3 is 5.97 Å². The van der Waals surface area contributed by atoms with Crippen molar-refractivity contribution in [3.63, 3.8) is 0 Å². The summed E-state index contributed by atoms with van der Waals surface area (Å²) in [5, 5.41) is 0. The summed E-state index contributed by atoms with van der Waals surface area (Å²) in [6.07, 6.45) is -0.534. The van der Waals surface area contributed by atoms with E-state index in [-0.39, 0.29) is 6.42 Å². The van der Waals surface area contributed by atoms with Gasteiger partial charge in [0.1, 0.15) is 6.04 Å². The summed E-state index contributed by atoms with van der Waals surface area (Å²) in [5.74, 6) is -4.45. The summed E-state index contributed by atoms with van der Waals surface area (Å²) >= 11 is 0. The van der Waals surface area contributed by atoms with Crippen molar-refractivity contribution in [3.05, 3.63) is 71.8 Å². The molecule has 0 aromatic heterocycles. The van der Waals surface area contributed by atoms with Crippen LogP contribution in [0.25, 0.3) is 0 Å². The fourth-order valence-electron chi connectivity index (χ4n) is 3.15. The molecular weight excluding hydrogens is 324 g/mol. The minimum atomic E-state index is -3.03. The summed E-state index contributed by atoms with van der Waals surface area (Å²) in [6, 6.07) is 17.2. The van der Waals surface area contributed by atoms with Gasteiger partial charge in [-0.2, -0.15) is 0 Å². The van der Waals surface area contributed by atoms with Gasteiger partial charge in [0.2, 0.25) is 0 Å². The van der Waals surface area contributed by atoms with E-state index in [0.717, 1.165) is 11.1 Å². The van der Waals surface area contributed by atoms with E-state index in [9.17, 15) is 13.6 Å². The second kappa shape index (κ2) is 7.13. The normalized spacial score (nSPS) is 21.6. The average molecular weight is 343 g/mol. The van der Waals surface area contributed by atoms with Crippen molar-refractivity contribution in [3.8, 4) is 0 Å². The molecule has 1 saturated carbocycles. The summed E-state index contributed by atoms with van der Waals surface area (Å²) in [5.41, 5.74) is 2.05. The molecule has 1 aliphatic carbocycles. The van der Waals surface area contributed by atoms with Crippen LogP contribution in [0.5, 0.6) is 0 Å². The smallest absolute Gasteiger partial charge is 0.308 e. The molecule has 0 spiro atoms. The summed E-state index contributed by atoms with van der Waals surface area (Å²) in [6.45, 7) is 0. The first-order valence-corrected chi connectivity index (χ1v) is 8.15. The zero-order chi connectivity index (χ0) is 17.9. The van der Waals surface area contributed by atoms with Gasteiger partial charge in [-0.1, -0.05) is 60.7 Å². The summed E-state index contributed by atoms with van der Waals surface area (Å²) in [4.78, 5) is 16.1. The molecule has 3 rings (SSSR count). The summed E-state index contributed by atoms with van der Waals surface area (Å²) in [7, 11) is 1.22. The van der Waals surface area contributed by atoms with E-state index in [1.807, 2.05) is 60.7 Å². The minimum Gasteiger partial charge on any atom is -0.469 e. The number of carbonyl (C=O) groups excluding carboxylic acids is 1. The molecule has 25 heavy (non-hydrogen) atoms. The predicted octanol–water partition coefficient (Wildman–Crippen LogP) is 4.11. The third kappa shape index (κ3) is 3.76. The van der Waals surface area contributed by atoms with Crippen LogP contribution in [0.4, 0.5) is 8.78 Å². The number of methoxy groups -OCH3 is 1. The van der Waals surface area contributed by atoms with Gasteiger partial charge in [0, 0.05) is 17.5 Å². The SMILES string of the molecule is COC(=O)C1C[C@@H](N=C(c2ccccc2)c2ccccc2)C(F)(F)C1. The first-order valence-electron chi connectivity index (χ1n) is 8.15. The number of hydrogen-bond donors (Lipinski definition) is 0. The largest absolute Gasteiger partial charge is 0.469 e. The van der Waals surface area contributed by atoms with Crippen LogP contribution >= 0.6 is 0 Å². The van der Waals surface area contributed by atoms with Crippen LogP contribution in [0.1, 0.15) is 24.0 Å². The third-order valence-electron chi connectivity index (χ3n) is 4.43. The molecule has 0 heterocycles. The van der Waals surface area contributed by atoms with Crippen LogP contribution in [-0.4, -0.2) is 30.8 Å². The maximum absolute atomic E-state index is 14.4. The van der Waals surface area contributed by atoms with Crippen LogP contribution in [0.3, 0.4) is 0 Å². The number of hydrogen-bond acceptors (Lipinski definition) is 3. The molecule has 2 aromatic rings. The van der Waals surface area contributed by atoms with Gasteiger partial charge in [-0.15, -0.1) is 0 Å². The van der Waals surface area contributed by atoms with Crippen LogP contribution < -0.4 is 0 Å². The number of ether oxygens (including phenoxy) is 1. The van der Waals surface area contributed by atoms with Crippen LogP contribution in [0.15, 0.2) is 65.7 Å². The lowest BCUT2D eigenvalue weighted by Crippen LogP contribution is -2.27. The van der Waals surface area contributed by atoms with Crippen LogP contribution in [0.2, 0.25) is 0 Å². The highest BCUT2D eigenvalue weighted by Crippen LogP contribution is 2.42. The highest BCUT2D eigenvalue weighted by Gasteiger charge is 2.51. The Morgan fingerprint density at radius 1 is 1.04 bits per heavy atom. The molecule has 5 heteroatoms. The van der Waals surface area contributed by atoms with Gasteiger partial charge in [0.05, 0.1) is 18.7 Å². The zero-order valence-electron chi connectivity index (χ0n) is 13.9. The Balaban J connectivity index is 2.00. The van der Waals surface area contributed by atoms with E-state index < -0.39 is 30.3 Å². The van der Waals surface area contributed by atoms with Crippen molar-refractivity contribution >= 4 is 11.7 Å². The molecule has 130 valence electrons. The van der Waals surface area contributed by atoms with Crippen molar-refractivity contribution in [2.75, 3.05) is 7.11 Å². The van der Waals surface area contributed by atoms with Crippen molar-refractivity contribution in [1.82, 2.24) is 0 Å². The molecule has 1 aliphatic rings. The van der Waals surface area contributed by atoms with Crippen LogP contribution in [0, 0.1) is 5.92 Å². The predicted molar refractivity (Wildman–Crippen MR) is 92.0 cm³/mol. The molecule has 0 aliphatic heterocycles. The maximum atomic E-state index is 14.4. The van der Waals surface area contributed by atoms with Gasteiger partial charge in [0.25, 0.3) is 5.92 Å². The van der Waals surface area contributed by atoms with E-state index in [2.05, 4.69) is 9.73 Å². The second-order valence-electron chi connectivity index (χ2n) is 6.15. The lowest BCUT2D eigenvalue weighted by atomic mass is 10.0. The lowest BCUT2D eigenvalue weighted by molar-refractivity contribution is -0.146. The molecular formula is C20H19F2NO2. The molecule has 1 fully saturated rings. The topological polar surface area (TPSA) is 38.7 Å². The Hall–Kier alpha value is -2.56. The standard InChI is InChI=1S/C20H19F2NO2/c1-25-19(24)16-12-17(20(21,22)13-16)23-18(14-8-4-2-5-9-14)15-10-6-3-7-11-15/h2-11,16-17H,12-13H2,1H3/t16?,17-/m1/s1. The van der Waals surface area contributed by atoms with E-state index >= 15 is 0 Å². The number of carbonyl (C=O) groups is 1. The molecule has 0 bridgehead atoms. The van der Waals surface area contributed by atoms with E-state index in [0.29, 0.717) is 5.71 Å². The lowest BCUT2D eigenvalue weighted by Gasteiger charge is -2.17. The molecule has 2 aromatic carbocycles. The number of nitrogens with zero attached hydrogens (tertiary/aromatic N) is 1. The number of benzene rings is 2. The first-order chi connectivity index (χ1) is 12.0. The average Bonchev–Trinajstić information content (AvgIpc) is 2.94. The van der Waals surface area contributed by atoms with Gasteiger partial charge in [0.15, 0.2) is 0 Å². The first kappa shape index (κ1) is 17.3. The fourth-order valence-corrected chi connectivity index (χ4v) is 3.15. The summed E-state index contributed by atoms with van der Waals surface area (Å²) < 4.78 is 33.5. The Kier molecular flexibility index (Phi) is 4.93. The molecule has 0 radical (unpaired) electrons. The molecule has 3 nitrogen and oxygen atoms in total. The second-order valence-corrected chi connectivity index (χ2v) is 6.15. The molecule has 1 unspecified atom stereocenters. The monoisotopic (exact) mass is 343 g/mol. The molecule has 2 atom stereocenters. The quantitative estimate of drug-likeness (QED) is 0.619. The van der Waals surface area contributed by atoms with Gasteiger partial charge in [-0.3, -0.25) is 9.79 Å². The van der Waals surface area contributed by atoms with Crippen molar-refractivity contribution in [2.45, 2.75) is 24.8 Å². The number of aliphatic imine (C=N–C) groups is 1. The van der Waals surface area contributed by atoms with Gasteiger partial charge < -0.3 is 4.74 Å². The van der Waals surface area contributed by atoms with E-state index in [1.165, 1.54) is 7.11 Å². The zero-order valence-corrected chi connectivity index (χ0v) is 13.9. The molecule has 0 N–H and O–H groups in total. The molecule has 0 amide bonds. The Labute approximate surface area is 145 Å². The maximum Gasteiger partial charge on any atom is 0.308 e. The highest BCUT2D eigenvalue weighted by molar-refractivity contribution is 6.13. The Morgan fingerprint density at radius 3 is 2.04 bits per heavy atom. The minimum absolute atomic E-state index is 0.0111. The fraction of sp³-hybridized carbons (Fsp3) is 0.300. The van der Waals surface area contributed by atoms with E-state index in [4.69, 9.17) is 0 Å². The van der Waals surface area contributed by atoms with Crippen molar-refractivity contribution < 1.29 is 18.3 Å². The van der Waals surface area contributed by atoms with Gasteiger partial charge in [-0.05, 0) is 6.42 Å². The van der Waals surface area contributed by atoms with Crippen LogP contribution in [-0.2, 0) is 9.53 Å². The van der Waals surface area contributed by atoms with Crippen molar-refractivity contribution in [2.24, 2.45) is 10.9 Å².